The highest BCUT2D eigenvalue weighted by Gasteiger charge is 2.09. The standard InChI is InChI=1S/C21H14Cl2FN3O2/c22-18-5-2-6-19(23)17(18)12-25-27-21(29)14-3-1-4-16(11-14)26-20(28)13-7-9-15(24)10-8-13/h1-12H,(H,26,28)(H,27,29)/b25-12+. The normalized spacial score (nSPS) is 10.7. The second-order valence-corrected chi connectivity index (χ2v) is 6.69. The van der Waals surface area contributed by atoms with Crippen molar-refractivity contribution in [1.82, 2.24) is 5.43 Å². The number of hydrogen-bond acceptors (Lipinski definition) is 3. The van der Waals surface area contributed by atoms with Gasteiger partial charge in [0.25, 0.3) is 11.8 Å². The molecule has 0 aliphatic carbocycles. The van der Waals surface area contributed by atoms with Crippen molar-refractivity contribution < 1.29 is 14.0 Å². The number of carbonyl (C=O) groups excluding carboxylic acids is 2. The Kier molecular flexibility index (Phi) is 6.59. The highest BCUT2D eigenvalue weighted by Crippen LogP contribution is 2.22. The molecule has 5 nitrogen and oxygen atoms in total. The van der Waals surface area contributed by atoms with E-state index in [-0.39, 0.29) is 5.56 Å². The van der Waals surface area contributed by atoms with E-state index in [1.54, 1.807) is 36.4 Å². The Labute approximate surface area is 176 Å². The van der Waals surface area contributed by atoms with E-state index in [4.69, 9.17) is 23.2 Å². The third-order valence-corrected chi connectivity index (χ3v) is 4.51. The van der Waals surface area contributed by atoms with Crippen molar-refractivity contribution in [3.63, 3.8) is 0 Å². The smallest absolute Gasteiger partial charge is 0.271 e. The summed E-state index contributed by atoms with van der Waals surface area (Å²) in [6.07, 6.45) is 1.35. The molecule has 29 heavy (non-hydrogen) atoms. The zero-order valence-corrected chi connectivity index (χ0v) is 16.3. The predicted octanol–water partition coefficient (Wildman–Crippen LogP) is 5.15. The number of carbonyl (C=O) groups is 2. The minimum Gasteiger partial charge on any atom is -0.322 e. The van der Waals surface area contributed by atoms with Gasteiger partial charge in [0.1, 0.15) is 5.82 Å². The van der Waals surface area contributed by atoms with E-state index in [0.717, 1.165) is 0 Å². The number of nitrogens with zero attached hydrogens (tertiary/aromatic N) is 1. The Morgan fingerprint density at radius 3 is 2.21 bits per heavy atom. The summed E-state index contributed by atoms with van der Waals surface area (Å²) in [5, 5.41) is 7.33. The molecule has 0 spiro atoms. The van der Waals surface area contributed by atoms with Crippen molar-refractivity contribution in [2.75, 3.05) is 5.32 Å². The summed E-state index contributed by atoms with van der Waals surface area (Å²) in [6.45, 7) is 0. The summed E-state index contributed by atoms with van der Waals surface area (Å²) >= 11 is 12.1. The van der Waals surface area contributed by atoms with Gasteiger partial charge in [0.15, 0.2) is 0 Å². The van der Waals surface area contributed by atoms with Crippen LogP contribution in [0.1, 0.15) is 26.3 Å². The van der Waals surface area contributed by atoms with Gasteiger partial charge in [0, 0.05) is 22.4 Å². The summed E-state index contributed by atoms with van der Waals surface area (Å²) in [5.41, 5.74) is 3.85. The van der Waals surface area contributed by atoms with Crippen molar-refractivity contribution in [2.45, 2.75) is 0 Å². The van der Waals surface area contributed by atoms with Crippen LogP contribution in [0, 0.1) is 5.82 Å². The van der Waals surface area contributed by atoms with Crippen LogP contribution in [-0.4, -0.2) is 18.0 Å². The fourth-order valence-electron chi connectivity index (χ4n) is 2.40. The lowest BCUT2D eigenvalue weighted by Crippen LogP contribution is -2.18. The molecule has 0 unspecified atom stereocenters. The van der Waals surface area contributed by atoms with Gasteiger partial charge in [-0.3, -0.25) is 9.59 Å². The largest absolute Gasteiger partial charge is 0.322 e. The minimum absolute atomic E-state index is 0.282. The highest BCUT2D eigenvalue weighted by molar-refractivity contribution is 6.38. The number of amides is 2. The molecule has 2 N–H and O–H groups in total. The van der Waals surface area contributed by atoms with E-state index in [1.165, 1.54) is 36.5 Å². The van der Waals surface area contributed by atoms with Crippen LogP contribution < -0.4 is 10.7 Å². The summed E-state index contributed by atoms with van der Waals surface area (Å²) in [6, 6.07) is 16.5. The third kappa shape index (κ3) is 5.40. The number of anilines is 1. The van der Waals surface area contributed by atoms with E-state index in [0.29, 0.717) is 26.9 Å². The maximum atomic E-state index is 13.0. The lowest BCUT2D eigenvalue weighted by molar-refractivity contribution is 0.0953. The molecule has 0 bridgehead atoms. The highest BCUT2D eigenvalue weighted by atomic mass is 35.5. The van der Waals surface area contributed by atoms with Crippen molar-refractivity contribution in [1.29, 1.82) is 0 Å². The number of halogens is 3. The Hall–Kier alpha value is -3.22. The molecule has 0 atom stereocenters. The van der Waals surface area contributed by atoms with Crippen LogP contribution >= 0.6 is 23.2 Å². The summed E-state index contributed by atoms with van der Waals surface area (Å²) < 4.78 is 13.0. The molecule has 2 amide bonds. The Morgan fingerprint density at radius 2 is 1.52 bits per heavy atom. The molecule has 3 aromatic rings. The molecule has 0 radical (unpaired) electrons. The number of rotatable bonds is 5. The SMILES string of the molecule is O=C(N/N=C/c1c(Cl)cccc1Cl)c1cccc(NC(=O)c2ccc(F)cc2)c1. The Balaban J connectivity index is 1.67. The molecular weight excluding hydrogens is 416 g/mol. The van der Waals surface area contributed by atoms with Gasteiger partial charge in [0.05, 0.1) is 16.3 Å². The quantitative estimate of drug-likeness (QED) is 0.434. The van der Waals surface area contributed by atoms with E-state index in [1.807, 2.05) is 0 Å². The fourth-order valence-corrected chi connectivity index (χ4v) is 2.89. The van der Waals surface area contributed by atoms with E-state index in [9.17, 15) is 14.0 Å². The van der Waals surface area contributed by atoms with Crippen LogP contribution in [0.4, 0.5) is 10.1 Å². The molecule has 0 heterocycles. The van der Waals surface area contributed by atoms with Gasteiger partial charge in [-0.25, -0.2) is 9.82 Å². The molecule has 146 valence electrons. The van der Waals surface area contributed by atoms with Gasteiger partial charge in [-0.1, -0.05) is 35.3 Å². The van der Waals surface area contributed by atoms with Gasteiger partial charge in [-0.05, 0) is 54.6 Å². The molecule has 0 aliphatic heterocycles. The average Bonchev–Trinajstić information content (AvgIpc) is 2.70. The number of nitrogens with one attached hydrogen (secondary N) is 2. The average molecular weight is 430 g/mol. The summed E-state index contributed by atoms with van der Waals surface area (Å²) in [5.74, 6) is -1.34. The maximum absolute atomic E-state index is 13.0. The van der Waals surface area contributed by atoms with Crippen LogP contribution in [-0.2, 0) is 0 Å². The number of hydrazone groups is 1. The fraction of sp³-hybridized carbons (Fsp3) is 0. The molecule has 8 heteroatoms. The zero-order chi connectivity index (χ0) is 20.8. The second-order valence-electron chi connectivity index (χ2n) is 5.88. The van der Waals surface area contributed by atoms with Crippen molar-refractivity contribution >= 4 is 46.9 Å². The van der Waals surface area contributed by atoms with Crippen molar-refractivity contribution in [3.8, 4) is 0 Å². The predicted molar refractivity (Wildman–Crippen MR) is 112 cm³/mol. The molecule has 3 aromatic carbocycles. The van der Waals surface area contributed by atoms with E-state index in [2.05, 4.69) is 15.8 Å². The zero-order valence-electron chi connectivity index (χ0n) is 14.8. The van der Waals surface area contributed by atoms with Gasteiger partial charge < -0.3 is 5.32 Å². The molecule has 0 saturated carbocycles. The van der Waals surface area contributed by atoms with Gasteiger partial charge in [-0.2, -0.15) is 5.10 Å². The van der Waals surface area contributed by atoms with Crippen molar-refractivity contribution in [3.05, 3.63) is 99.3 Å². The van der Waals surface area contributed by atoms with Crippen LogP contribution in [0.5, 0.6) is 0 Å². The minimum atomic E-state index is -0.484. The number of benzene rings is 3. The molecular formula is C21H14Cl2FN3O2. The monoisotopic (exact) mass is 429 g/mol. The Bertz CT molecular complexity index is 1070. The van der Waals surface area contributed by atoms with Gasteiger partial charge >= 0.3 is 0 Å². The van der Waals surface area contributed by atoms with Gasteiger partial charge in [-0.15, -0.1) is 0 Å². The van der Waals surface area contributed by atoms with Gasteiger partial charge in [0.2, 0.25) is 0 Å². The van der Waals surface area contributed by atoms with E-state index >= 15 is 0 Å². The molecule has 0 saturated heterocycles. The molecule has 0 aliphatic rings. The lowest BCUT2D eigenvalue weighted by Gasteiger charge is -2.07. The summed E-state index contributed by atoms with van der Waals surface area (Å²) in [7, 11) is 0. The lowest BCUT2D eigenvalue weighted by atomic mass is 10.1. The molecule has 3 rings (SSSR count). The first-order valence-corrected chi connectivity index (χ1v) is 9.14. The van der Waals surface area contributed by atoms with Crippen LogP contribution in [0.2, 0.25) is 10.0 Å². The van der Waals surface area contributed by atoms with Crippen LogP contribution in [0.15, 0.2) is 71.8 Å². The first kappa shape index (κ1) is 20.5. The Morgan fingerprint density at radius 1 is 0.862 bits per heavy atom. The first-order valence-electron chi connectivity index (χ1n) is 8.38. The van der Waals surface area contributed by atoms with Crippen LogP contribution in [0.25, 0.3) is 0 Å². The number of hydrogen-bond donors (Lipinski definition) is 2. The third-order valence-electron chi connectivity index (χ3n) is 3.85. The van der Waals surface area contributed by atoms with Crippen LogP contribution in [0.3, 0.4) is 0 Å². The van der Waals surface area contributed by atoms with Crippen molar-refractivity contribution in [2.24, 2.45) is 5.10 Å². The molecule has 0 aromatic heterocycles. The summed E-state index contributed by atoms with van der Waals surface area (Å²) in [4.78, 5) is 24.5. The second kappa shape index (κ2) is 9.32. The van der Waals surface area contributed by atoms with E-state index < -0.39 is 17.6 Å². The maximum Gasteiger partial charge on any atom is 0.271 e. The topological polar surface area (TPSA) is 70.6 Å². The molecule has 0 fully saturated rings. The first-order chi connectivity index (χ1) is 13.9.